The highest BCUT2D eigenvalue weighted by atomic mass is 35.5. The van der Waals surface area contributed by atoms with E-state index in [0.717, 1.165) is 18.4 Å². The van der Waals surface area contributed by atoms with Gasteiger partial charge in [0.1, 0.15) is 0 Å². The molecule has 0 bridgehead atoms. The second-order valence-corrected chi connectivity index (χ2v) is 5.87. The summed E-state index contributed by atoms with van der Waals surface area (Å²) >= 11 is 5.83. The first-order valence-electron chi connectivity index (χ1n) is 7.48. The summed E-state index contributed by atoms with van der Waals surface area (Å²) in [5, 5.41) is 3.83. The Morgan fingerprint density at radius 1 is 1.05 bits per heavy atom. The molecule has 108 valence electrons. The molecule has 0 radical (unpaired) electrons. The molecule has 1 aliphatic carbocycles. The van der Waals surface area contributed by atoms with Gasteiger partial charge in [-0.1, -0.05) is 55.8 Å². The summed E-state index contributed by atoms with van der Waals surface area (Å²) in [6.45, 7) is 0. The van der Waals surface area contributed by atoms with Crippen molar-refractivity contribution in [3.05, 3.63) is 40.9 Å². The third kappa shape index (κ3) is 5.38. The Bertz CT molecular complexity index is 445. The number of halogens is 1. The van der Waals surface area contributed by atoms with Crippen LogP contribution in [0.2, 0.25) is 5.02 Å². The first-order valence-corrected chi connectivity index (χ1v) is 7.86. The third-order valence-corrected chi connectivity index (χ3v) is 4.00. The highest BCUT2D eigenvalue weighted by molar-refractivity contribution is 6.30. The van der Waals surface area contributed by atoms with Gasteiger partial charge < -0.3 is 5.32 Å². The van der Waals surface area contributed by atoms with E-state index < -0.39 is 0 Å². The molecular weight excluding hydrogens is 270 g/mol. The average molecular weight is 292 g/mol. The van der Waals surface area contributed by atoms with Gasteiger partial charge in [-0.2, -0.15) is 0 Å². The second kappa shape index (κ2) is 8.11. The molecule has 0 unspecified atom stereocenters. The van der Waals surface area contributed by atoms with E-state index in [2.05, 4.69) is 5.32 Å². The van der Waals surface area contributed by atoms with Crippen LogP contribution in [-0.4, -0.2) is 11.9 Å². The molecule has 0 aromatic heterocycles. The fourth-order valence-corrected chi connectivity index (χ4v) is 2.72. The Balaban J connectivity index is 1.83. The zero-order valence-corrected chi connectivity index (χ0v) is 12.5. The average Bonchev–Trinajstić information content (AvgIpc) is 2.41. The maximum Gasteiger partial charge on any atom is 0.244 e. The van der Waals surface area contributed by atoms with E-state index in [1.165, 1.54) is 32.1 Å². The minimum Gasteiger partial charge on any atom is -0.350 e. The molecule has 2 nitrogen and oxygen atoms in total. The molecule has 0 saturated heterocycles. The van der Waals surface area contributed by atoms with Crippen molar-refractivity contribution >= 4 is 23.6 Å². The van der Waals surface area contributed by atoms with Crippen LogP contribution in [0.4, 0.5) is 0 Å². The van der Waals surface area contributed by atoms with Crippen LogP contribution in [-0.2, 0) is 4.79 Å². The predicted molar refractivity (Wildman–Crippen MR) is 84.7 cm³/mol. The lowest BCUT2D eigenvalue weighted by molar-refractivity contribution is -0.117. The largest absolute Gasteiger partial charge is 0.350 e. The molecule has 0 heterocycles. The Labute approximate surface area is 126 Å². The third-order valence-electron chi connectivity index (χ3n) is 3.75. The van der Waals surface area contributed by atoms with Gasteiger partial charge in [0.25, 0.3) is 0 Å². The van der Waals surface area contributed by atoms with Gasteiger partial charge in [-0.05, 0) is 36.6 Å². The Kier molecular flexibility index (Phi) is 6.13. The molecule has 1 saturated carbocycles. The summed E-state index contributed by atoms with van der Waals surface area (Å²) in [7, 11) is 0. The molecule has 1 amide bonds. The summed E-state index contributed by atoms with van der Waals surface area (Å²) in [5.41, 5.74) is 0.988. The molecule has 1 aromatic rings. The van der Waals surface area contributed by atoms with E-state index in [1.54, 1.807) is 6.08 Å². The number of rotatable bonds is 3. The van der Waals surface area contributed by atoms with Gasteiger partial charge in [0.2, 0.25) is 5.91 Å². The number of carbonyl (C=O) groups excluding carboxylic acids is 1. The predicted octanol–water partition coefficient (Wildman–Crippen LogP) is 4.58. The van der Waals surface area contributed by atoms with Crippen LogP contribution in [0, 0.1) is 0 Å². The molecule has 0 spiro atoms. The van der Waals surface area contributed by atoms with Crippen LogP contribution in [0.5, 0.6) is 0 Å². The fraction of sp³-hybridized carbons (Fsp3) is 0.471. The van der Waals surface area contributed by atoms with Crippen molar-refractivity contribution in [2.24, 2.45) is 0 Å². The quantitative estimate of drug-likeness (QED) is 0.811. The summed E-state index contributed by atoms with van der Waals surface area (Å²) in [4.78, 5) is 11.9. The normalized spacial score (nSPS) is 17.6. The lowest BCUT2D eigenvalue weighted by Crippen LogP contribution is -2.34. The SMILES string of the molecule is O=C(/C=C\c1ccc(Cl)cc1)NC1CCCCCCC1. The van der Waals surface area contributed by atoms with E-state index in [-0.39, 0.29) is 5.91 Å². The molecule has 0 atom stereocenters. The van der Waals surface area contributed by atoms with E-state index in [4.69, 9.17) is 11.6 Å². The highest BCUT2D eigenvalue weighted by Gasteiger charge is 2.12. The topological polar surface area (TPSA) is 29.1 Å². The minimum atomic E-state index is 0.00511. The number of hydrogen-bond donors (Lipinski definition) is 1. The van der Waals surface area contributed by atoms with Crippen molar-refractivity contribution in [1.29, 1.82) is 0 Å². The Morgan fingerprint density at radius 2 is 1.65 bits per heavy atom. The van der Waals surface area contributed by atoms with Crippen LogP contribution in [0.1, 0.15) is 50.5 Å². The Hall–Kier alpha value is -1.28. The summed E-state index contributed by atoms with van der Waals surface area (Å²) < 4.78 is 0. The number of carbonyl (C=O) groups is 1. The van der Waals surface area contributed by atoms with E-state index in [1.807, 2.05) is 30.3 Å². The van der Waals surface area contributed by atoms with Gasteiger partial charge >= 0.3 is 0 Å². The zero-order chi connectivity index (χ0) is 14.2. The Morgan fingerprint density at radius 3 is 2.30 bits per heavy atom. The van der Waals surface area contributed by atoms with Crippen molar-refractivity contribution in [2.45, 2.75) is 51.0 Å². The first-order chi connectivity index (χ1) is 9.74. The lowest BCUT2D eigenvalue weighted by Gasteiger charge is -2.20. The standard InChI is InChI=1S/C17H22ClNO/c18-15-11-8-14(9-12-15)10-13-17(20)19-16-6-4-2-1-3-5-7-16/h8-13,16H,1-7H2,(H,19,20)/b13-10-. The van der Waals surface area contributed by atoms with Crippen LogP contribution in [0.15, 0.2) is 30.3 Å². The highest BCUT2D eigenvalue weighted by Crippen LogP contribution is 2.17. The zero-order valence-electron chi connectivity index (χ0n) is 11.8. The molecule has 3 heteroatoms. The van der Waals surface area contributed by atoms with Gasteiger partial charge in [-0.3, -0.25) is 4.79 Å². The number of benzene rings is 1. The van der Waals surface area contributed by atoms with Gasteiger partial charge in [0, 0.05) is 17.1 Å². The van der Waals surface area contributed by atoms with E-state index in [0.29, 0.717) is 11.1 Å². The van der Waals surface area contributed by atoms with Crippen molar-refractivity contribution in [1.82, 2.24) is 5.32 Å². The maximum atomic E-state index is 11.9. The summed E-state index contributed by atoms with van der Waals surface area (Å²) in [6.07, 6.45) is 12.1. The van der Waals surface area contributed by atoms with E-state index in [9.17, 15) is 4.79 Å². The van der Waals surface area contributed by atoms with Gasteiger partial charge in [-0.15, -0.1) is 0 Å². The molecule has 2 rings (SSSR count). The first kappa shape index (κ1) is 15.1. The summed E-state index contributed by atoms with van der Waals surface area (Å²) in [6, 6.07) is 7.81. The van der Waals surface area contributed by atoms with E-state index >= 15 is 0 Å². The number of amides is 1. The maximum absolute atomic E-state index is 11.9. The molecule has 1 fully saturated rings. The molecule has 1 aliphatic rings. The van der Waals surface area contributed by atoms with Crippen molar-refractivity contribution < 1.29 is 4.79 Å². The second-order valence-electron chi connectivity index (χ2n) is 5.44. The van der Waals surface area contributed by atoms with Crippen molar-refractivity contribution in [3.8, 4) is 0 Å². The van der Waals surface area contributed by atoms with Crippen LogP contribution in [0.25, 0.3) is 6.08 Å². The fourth-order valence-electron chi connectivity index (χ4n) is 2.60. The smallest absolute Gasteiger partial charge is 0.244 e. The van der Waals surface area contributed by atoms with Gasteiger partial charge in [-0.25, -0.2) is 0 Å². The number of hydrogen-bond acceptors (Lipinski definition) is 1. The molecule has 0 aliphatic heterocycles. The van der Waals surface area contributed by atoms with Gasteiger partial charge in [0.15, 0.2) is 0 Å². The van der Waals surface area contributed by atoms with Crippen molar-refractivity contribution in [3.63, 3.8) is 0 Å². The number of nitrogens with one attached hydrogen (secondary N) is 1. The molecule has 20 heavy (non-hydrogen) atoms. The monoisotopic (exact) mass is 291 g/mol. The van der Waals surface area contributed by atoms with Crippen LogP contribution >= 0.6 is 11.6 Å². The van der Waals surface area contributed by atoms with Crippen LogP contribution in [0.3, 0.4) is 0 Å². The van der Waals surface area contributed by atoms with Gasteiger partial charge in [0.05, 0.1) is 0 Å². The summed E-state index contributed by atoms with van der Waals surface area (Å²) in [5.74, 6) is 0.00511. The lowest BCUT2D eigenvalue weighted by atomic mass is 9.97. The molecule has 1 aromatic carbocycles. The van der Waals surface area contributed by atoms with Crippen molar-refractivity contribution in [2.75, 3.05) is 0 Å². The molecule has 1 N–H and O–H groups in total. The molecular formula is C17H22ClNO. The van der Waals surface area contributed by atoms with Crippen LogP contribution < -0.4 is 5.32 Å². The minimum absolute atomic E-state index is 0.00511.